The lowest BCUT2D eigenvalue weighted by Crippen LogP contribution is -2.30. The Balaban J connectivity index is 1.51. The quantitative estimate of drug-likeness (QED) is 0.345. The minimum Gasteiger partial charge on any atom is -0.508 e. The van der Waals surface area contributed by atoms with Gasteiger partial charge in [-0.25, -0.2) is 4.98 Å². The molecule has 4 heterocycles. The summed E-state index contributed by atoms with van der Waals surface area (Å²) < 4.78 is 3.28. The molecule has 2 N–H and O–H groups in total. The fourth-order valence-electron chi connectivity index (χ4n) is 4.32. The number of nitrogens with zero attached hydrogens (tertiary/aromatic N) is 4. The highest BCUT2D eigenvalue weighted by molar-refractivity contribution is 7.80. The third-order valence-electron chi connectivity index (χ3n) is 5.80. The maximum Gasteiger partial charge on any atom is 0.194 e. The molecule has 8 heteroatoms. The van der Waals surface area contributed by atoms with Gasteiger partial charge in [0.1, 0.15) is 11.8 Å². The third-order valence-corrected chi connectivity index (χ3v) is 7.15. The highest BCUT2D eigenvalue weighted by Gasteiger charge is 2.42. The Hall–Kier alpha value is -3.75. The molecule has 1 saturated heterocycles. The number of benzene rings is 2. The monoisotopic (exact) mass is 469 g/mol. The zero-order valence-electron chi connectivity index (χ0n) is 17.4. The molecular weight excluding hydrogens is 450 g/mol. The molecule has 5 aromatic rings. The van der Waals surface area contributed by atoms with Crippen LogP contribution in [0, 0.1) is 0 Å². The second-order valence-corrected chi connectivity index (χ2v) is 9.18. The van der Waals surface area contributed by atoms with E-state index in [1.807, 2.05) is 60.8 Å². The normalized spacial score (nSPS) is 18.1. The SMILES string of the molecule is Oc1ccc(N2C(=S)N[C@H](c3ccccn3)[C@@H]2c2cccn2-c2nc3ccccc3s2)cc1. The van der Waals surface area contributed by atoms with Crippen LogP contribution in [0.5, 0.6) is 5.75 Å². The third kappa shape index (κ3) is 3.44. The van der Waals surface area contributed by atoms with Crippen LogP contribution in [0.2, 0.25) is 0 Å². The first-order chi connectivity index (χ1) is 16.2. The number of phenols is 1. The number of aromatic hydroxyl groups is 1. The van der Waals surface area contributed by atoms with Crippen molar-refractivity contribution in [3.8, 4) is 10.9 Å². The highest BCUT2D eigenvalue weighted by atomic mass is 32.1. The van der Waals surface area contributed by atoms with Crippen LogP contribution in [-0.4, -0.2) is 24.8 Å². The van der Waals surface area contributed by atoms with E-state index >= 15 is 0 Å². The van der Waals surface area contributed by atoms with E-state index in [-0.39, 0.29) is 17.8 Å². The summed E-state index contributed by atoms with van der Waals surface area (Å²) in [7, 11) is 0. The van der Waals surface area contributed by atoms with Crippen molar-refractivity contribution in [1.82, 2.24) is 19.9 Å². The van der Waals surface area contributed by atoms with Gasteiger partial charge in [0.15, 0.2) is 10.2 Å². The van der Waals surface area contributed by atoms with Crippen LogP contribution >= 0.6 is 23.6 Å². The topological polar surface area (TPSA) is 66.2 Å². The van der Waals surface area contributed by atoms with Crippen LogP contribution in [-0.2, 0) is 0 Å². The van der Waals surface area contributed by atoms with Gasteiger partial charge in [0.05, 0.1) is 27.6 Å². The first-order valence-corrected chi connectivity index (χ1v) is 11.7. The summed E-state index contributed by atoms with van der Waals surface area (Å²) in [6.45, 7) is 0. The lowest BCUT2D eigenvalue weighted by atomic mass is 10.0. The van der Waals surface area contributed by atoms with Crippen LogP contribution in [0.1, 0.15) is 23.5 Å². The molecule has 0 unspecified atom stereocenters. The number of anilines is 1. The Morgan fingerprint density at radius 2 is 1.76 bits per heavy atom. The molecule has 1 aliphatic heterocycles. The maximum absolute atomic E-state index is 9.82. The molecule has 3 aromatic heterocycles. The summed E-state index contributed by atoms with van der Waals surface area (Å²) in [6, 6.07) is 25.0. The number of thiocarbonyl (C=S) groups is 1. The van der Waals surface area contributed by atoms with Gasteiger partial charge < -0.3 is 15.3 Å². The van der Waals surface area contributed by atoms with Crippen molar-refractivity contribution in [2.75, 3.05) is 4.90 Å². The zero-order chi connectivity index (χ0) is 22.4. The molecule has 1 fully saturated rings. The van der Waals surface area contributed by atoms with Crippen LogP contribution in [0.3, 0.4) is 0 Å². The van der Waals surface area contributed by atoms with Gasteiger partial charge in [-0.15, -0.1) is 0 Å². The molecule has 0 bridgehead atoms. The van der Waals surface area contributed by atoms with E-state index in [0.717, 1.165) is 32.4 Å². The Morgan fingerprint density at radius 3 is 2.55 bits per heavy atom. The van der Waals surface area contributed by atoms with Crippen molar-refractivity contribution in [3.05, 3.63) is 103 Å². The molecule has 33 heavy (non-hydrogen) atoms. The van der Waals surface area contributed by atoms with E-state index in [1.54, 1.807) is 29.7 Å². The van der Waals surface area contributed by atoms with Gasteiger partial charge in [-0.2, -0.15) is 0 Å². The lowest BCUT2D eigenvalue weighted by molar-refractivity contribution is 0.475. The summed E-state index contributed by atoms with van der Waals surface area (Å²) in [5, 5.41) is 14.8. The van der Waals surface area contributed by atoms with Crippen molar-refractivity contribution >= 4 is 44.6 Å². The Morgan fingerprint density at radius 1 is 0.939 bits per heavy atom. The molecule has 0 amide bonds. The van der Waals surface area contributed by atoms with Gasteiger partial charge in [-0.05, 0) is 72.9 Å². The first-order valence-electron chi connectivity index (χ1n) is 10.5. The smallest absolute Gasteiger partial charge is 0.194 e. The van der Waals surface area contributed by atoms with Gasteiger partial charge in [-0.1, -0.05) is 29.5 Å². The summed E-state index contributed by atoms with van der Waals surface area (Å²) in [5.74, 6) is 0.215. The van der Waals surface area contributed by atoms with E-state index in [2.05, 4.69) is 31.9 Å². The number of hydrogen-bond acceptors (Lipinski definition) is 5. The fourth-order valence-corrected chi connectivity index (χ4v) is 5.64. The molecule has 2 atom stereocenters. The number of thiazole rings is 1. The number of hydrogen-bond donors (Lipinski definition) is 2. The number of pyridine rings is 1. The summed E-state index contributed by atoms with van der Waals surface area (Å²) in [6.07, 6.45) is 3.84. The molecule has 2 aromatic carbocycles. The van der Waals surface area contributed by atoms with Crippen LogP contribution in [0.25, 0.3) is 15.3 Å². The molecule has 0 saturated carbocycles. The number of para-hydroxylation sites is 1. The van der Waals surface area contributed by atoms with Crippen LogP contribution in [0.4, 0.5) is 5.69 Å². The van der Waals surface area contributed by atoms with Crippen molar-refractivity contribution in [3.63, 3.8) is 0 Å². The van der Waals surface area contributed by atoms with Gasteiger partial charge in [-0.3, -0.25) is 9.55 Å². The Bertz CT molecular complexity index is 1410. The minimum absolute atomic E-state index is 0.157. The molecule has 1 aliphatic rings. The van der Waals surface area contributed by atoms with Crippen molar-refractivity contribution < 1.29 is 5.11 Å². The molecule has 6 rings (SSSR count). The maximum atomic E-state index is 9.82. The van der Waals surface area contributed by atoms with Gasteiger partial charge >= 0.3 is 0 Å². The van der Waals surface area contributed by atoms with E-state index in [4.69, 9.17) is 17.2 Å². The predicted molar refractivity (Wildman–Crippen MR) is 135 cm³/mol. The van der Waals surface area contributed by atoms with Gasteiger partial charge in [0.2, 0.25) is 0 Å². The van der Waals surface area contributed by atoms with Crippen molar-refractivity contribution in [2.24, 2.45) is 0 Å². The summed E-state index contributed by atoms with van der Waals surface area (Å²) in [4.78, 5) is 11.6. The Kier molecular flexibility index (Phi) is 4.82. The summed E-state index contributed by atoms with van der Waals surface area (Å²) in [5.41, 5.74) is 3.83. The van der Waals surface area contributed by atoms with E-state index < -0.39 is 0 Å². The molecular formula is C25H19N5OS2. The van der Waals surface area contributed by atoms with Gasteiger partial charge in [0, 0.05) is 18.1 Å². The minimum atomic E-state index is -0.168. The molecule has 6 nitrogen and oxygen atoms in total. The average Bonchev–Trinajstić information content (AvgIpc) is 3.56. The second kappa shape index (κ2) is 7.99. The van der Waals surface area contributed by atoms with Crippen molar-refractivity contribution in [1.29, 1.82) is 0 Å². The first kappa shape index (κ1) is 19.9. The molecule has 0 radical (unpaired) electrons. The predicted octanol–water partition coefficient (Wildman–Crippen LogP) is 5.36. The number of phenolic OH excluding ortho intramolecular Hbond substituents is 1. The van der Waals surface area contributed by atoms with Crippen LogP contribution < -0.4 is 10.2 Å². The zero-order valence-corrected chi connectivity index (χ0v) is 19.0. The number of nitrogens with one attached hydrogen (secondary N) is 1. The van der Waals surface area contributed by atoms with E-state index in [1.165, 1.54) is 0 Å². The highest BCUT2D eigenvalue weighted by Crippen LogP contribution is 2.43. The molecule has 0 aliphatic carbocycles. The number of aromatic nitrogens is 3. The van der Waals surface area contributed by atoms with E-state index in [0.29, 0.717) is 5.11 Å². The lowest BCUT2D eigenvalue weighted by Gasteiger charge is -2.28. The molecule has 0 spiro atoms. The number of rotatable bonds is 4. The number of fused-ring (bicyclic) bond motifs is 1. The molecule has 162 valence electrons. The van der Waals surface area contributed by atoms with Gasteiger partial charge in [0.25, 0.3) is 0 Å². The van der Waals surface area contributed by atoms with E-state index in [9.17, 15) is 5.11 Å². The van der Waals surface area contributed by atoms with Crippen molar-refractivity contribution in [2.45, 2.75) is 12.1 Å². The largest absolute Gasteiger partial charge is 0.508 e. The standard InChI is InChI=1S/C25H19N5OS2/c31-17-12-10-16(11-13-17)30-23(22(28-24(30)32)19-7-3-4-14-26-19)20-8-5-15-29(20)25-27-18-6-1-2-9-21(18)33-25/h1-15,22-23,31H,(H,28,32)/t22-,23+/m1/s1. The fraction of sp³-hybridized carbons (Fsp3) is 0.0800. The van der Waals surface area contributed by atoms with Crippen LogP contribution in [0.15, 0.2) is 91.3 Å². The Labute approximate surface area is 199 Å². The summed E-state index contributed by atoms with van der Waals surface area (Å²) >= 11 is 7.45. The second-order valence-electron chi connectivity index (χ2n) is 7.78. The average molecular weight is 470 g/mol.